The molecule has 1 heterocycles. The van der Waals surface area contributed by atoms with Crippen LogP contribution in [0, 0.1) is 0 Å². The van der Waals surface area contributed by atoms with Crippen LogP contribution in [0.5, 0.6) is 0 Å². The maximum atomic E-state index is 12.7. The molecule has 0 radical (unpaired) electrons. The van der Waals surface area contributed by atoms with Crippen LogP contribution in [0.2, 0.25) is 5.02 Å². The Labute approximate surface area is 172 Å². The summed E-state index contributed by atoms with van der Waals surface area (Å²) in [7, 11) is -4.03. The number of carbonyl (C=O) groups is 1. The molecule has 4 rings (SSSR count). The summed E-state index contributed by atoms with van der Waals surface area (Å²) in [5, 5.41) is 10.1. The summed E-state index contributed by atoms with van der Waals surface area (Å²) >= 11 is 5.89. The number of anilines is 1. The standard InChI is InChI=1S/C21H18ClN3O3S/c1-2-25-18-6-4-3-5-15(18)16-12-14(8-10-19(16)25)24-21(26)13-7-9-17(22)20(11-13)29(23,27)28/h3-12H,2H2,1H3,(H,24,26)(H2,23,27,28). The quantitative estimate of drug-likeness (QED) is 0.506. The van der Waals surface area contributed by atoms with Crippen molar-refractivity contribution >= 4 is 55.0 Å². The summed E-state index contributed by atoms with van der Waals surface area (Å²) in [6.45, 7) is 2.92. The molecule has 0 unspecified atom stereocenters. The molecular weight excluding hydrogens is 410 g/mol. The maximum Gasteiger partial charge on any atom is 0.255 e. The van der Waals surface area contributed by atoms with Crippen LogP contribution in [0.1, 0.15) is 17.3 Å². The number of nitrogens with two attached hydrogens (primary N) is 1. The van der Waals surface area contributed by atoms with E-state index in [1.807, 2.05) is 36.4 Å². The molecule has 8 heteroatoms. The number of benzene rings is 3. The van der Waals surface area contributed by atoms with Crippen LogP contribution >= 0.6 is 11.6 Å². The third-order valence-corrected chi connectivity index (χ3v) is 6.24. The van der Waals surface area contributed by atoms with Gasteiger partial charge in [0.15, 0.2) is 0 Å². The second-order valence-electron chi connectivity index (χ2n) is 6.64. The van der Waals surface area contributed by atoms with Crippen LogP contribution in [-0.2, 0) is 16.6 Å². The number of amides is 1. The first kappa shape index (κ1) is 19.4. The number of aromatic nitrogens is 1. The van der Waals surface area contributed by atoms with Crippen LogP contribution in [0.15, 0.2) is 65.6 Å². The number of fused-ring (bicyclic) bond motifs is 3. The van der Waals surface area contributed by atoms with E-state index in [2.05, 4.69) is 22.9 Å². The van der Waals surface area contributed by atoms with Crippen molar-refractivity contribution in [1.29, 1.82) is 0 Å². The van der Waals surface area contributed by atoms with Crippen molar-refractivity contribution in [2.45, 2.75) is 18.4 Å². The van der Waals surface area contributed by atoms with Crippen LogP contribution < -0.4 is 10.5 Å². The Morgan fingerprint density at radius 1 is 1.03 bits per heavy atom. The molecule has 1 amide bonds. The highest BCUT2D eigenvalue weighted by molar-refractivity contribution is 7.89. The van der Waals surface area contributed by atoms with Gasteiger partial charge in [-0.15, -0.1) is 0 Å². The molecule has 0 atom stereocenters. The molecule has 1 aromatic heterocycles. The number of hydrogen-bond donors (Lipinski definition) is 2. The van der Waals surface area contributed by atoms with E-state index in [1.165, 1.54) is 18.2 Å². The van der Waals surface area contributed by atoms with Crippen molar-refractivity contribution in [3.8, 4) is 0 Å². The second-order valence-corrected chi connectivity index (χ2v) is 8.57. The molecule has 6 nitrogen and oxygen atoms in total. The number of nitrogens with zero attached hydrogens (tertiary/aromatic N) is 1. The molecule has 0 aliphatic rings. The maximum absolute atomic E-state index is 12.7. The summed E-state index contributed by atoms with van der Waals surface area (Å²) in [6.07, 6.45) is 0. The molecule has 3 N–H and O–H groups in total. The van der Waals surface area contributed by atoms with E-state index >= 15 is 0 Å². The minimum absolute atomic E-state index is 0.0298. The number of sulfonamides is 1. The Morgan fingerprint density at radius 3 is 2.48 bits per heavy atom. The lowest BCUT2D eigenvalue weighted by atomic mass is 10.1. The third kappa shape index (κ3) is 3.48. The Balaban J connectivity index is 1.73. The normalized spacial score (nSPS) is 11.8. The lowest BCUT2D eigenvalue weighted by Crippen LogP contribution is -2.16. The SMILES string of the molecule is CCn1c2ccccc2c2cc(NC(=O)c3ccc(Cl)c(S(N)(=O)=O)c3)ccc21. The zero-order valence-corrected chi connectivity index (χ0v) is 17.1. The van der Waals surface area contributed by atoms with Crippen molar-refractivity contribution in [2.24, 2.45) is 5.14 Å². The van der Waals surface area contributed by atoms with Crippen molar-refractivity contribution in [1.82, 2.24) is 4.57 Å². The van der Waals surface area contributed by atoms with Gasteiger partial charge in [0.1, 0.15) is 4.90 Å². The number of para-hydroxylation sites is 1. The summed E-state index contributed by atoms with van der Waals surface area (Å²) in [6, 6.07) is 17.8. The van der Waals surface area contributed by atoms with Gasteiger partial charge in [0.05, 0.1) is 5.02 Å². The molecule has 0 aliphatic carbocycles. The fraction of sp³-hybridized carbons (Fsp3) is 0.0952. The van der Waals surface area contributed by atoms with Crippen molar-refractivity contribution < 1.29 is 13.2 Å². The highest BCUT2D eigenvalue weighted by Crippen LogP contribution is 2.31. The summed E-state index contributed by atoms with van der Waals surface area (Å²) in [4.78, 5) is 12.4. The highest BCUT2D eigenvalue weighted by atomic mass is 35.5. The van der Waals surface area contributed by atoms with Crippen molar-refractivity contribution in [3.63, 3.8) is 0 Å². The summed E-state index contributed by atoms with van der Waals surface area (Å²) < 4.78 is 25.5. The van der Waals surface area contributed by atoms with Crippen LogP contribution in [0.3, 0.4) is 0 Å². The molecule has 148 valence electrons. The average Bonchev–Trinajstić information content (AvgIpc) is 3.00. The van der Waals surface area contributed by atoms with Gasteiger partial charge in [-0.2, -0.15) is 0 Å². The van der Waals surface area contributed by atoms with E-state index in [4.69, 9.17) is 16.7 Å². The number of nitrogens with one attached hydrogen (secondary N) is 1. The average molecular weight is 428 g/mol. The van der Waals surface area contributed by atoms with E-state index in [9.17, 15) is 13.2 Å². The predicted molar refractivity (Wildman–Crippen MR) is 116 cm³/mol. The third-order valence-electron chi connectivity index (χ3n) is 4.85. The molecule has 0 saturated carbocycles. The van der Waals surface area contributed by atoms with Gasteiger partial charge < -0.3 is 9.88 Å². The van der Waals surface area contributed by atoms with Gasteiger partial charge in [-0.3, -0.25) is 4.79 Å². The predicted octanol–water partition coefficient (Wildman–Crippen LogP) is 4.37. The van der Waals surface area contributed by atoms with Crippen LogP contribution in [0.25, 0.3) is 21.8 Å². The van der Waals surface area contributed by atoms with Crippen molar-refractivity contribution in [3.05, 3.63) is 71.2 Å². The molecule has 0 spiro atoms. The van der Waals surface area contributed by atoms with Gasteiger partial charge in [0, 0.05) is 39.6 Å². The number of halogens is 1. The Hall–Kier alpha value is -2.87. The van der Waals surface area contributed by atoms with Gasteiger partial charge in [-0.1, -0.05) is 29.8 Å². The molecule has 0 bridgehead atoms. The zero-order valence-electron chi connectivity index (χ0n) is 15.5. The molecule has 3 aromatic carbocycles. The molecule has 4 aromatic rings. The summed E-state index contributed by atoms with van der Waals surface area (Å²) in [5.41, 5.74) is 2.96. The monoisotopic (exact) mass is 427 g/mol. The minimum atomic E-state index is -4.03. The lowest BCUT2D eigenvalue weighted by molar-refractivity contribution is 0.102. The van der Waals surface area contributed by atoms with E-state index in [0.29, 0.717) is 5.69 Å². The fourth-order valence-corrected chi connectivity index (χ4v) is 4.61. The molecular formula is C21H18ClN3O3S. The number of hydrogen-bond acceptors (Lipinski definition) is 3. The number of aryl methyl sites for hydroxylation is 1. The topological polar surface area (TPSA) is 94.2 Å². The van der Waals surface area contributed by atoms with Gasteiger partial charge in [-0.05, 0) is 49.4 Å². The van der Waals surface area contributed by atoms with Crippen LogP contribution in [-0.4, -0.2) is 18.9 Å². The van der Waals surface area contributed by atoms with E-state index in [0.717, 1.165) is 28.4 Å². The lowest BCUT2D eigenvalue weighted by Gasteiger charge is -2.08. The first-order chi connectivity index (χ1) is 13.8. The number of primary sulfonamides is 1. The Bertz CT molecular complexity index is 1380. The Morgan fingerprint density at radius 2 is 1.76 bits per heavy atom. The zero-order chi connectivity index (χ0) is 20.8. The first-order valence-corrected chi connectivity index (χ1v) is 10.9. The smallest absolute Gasteiger partial charge is 0.255 e. The van der Waals surface area contributed by atoms with Crippen molar-refractivity contribution in [2.75, 3.05) is 5.32 Å². The minimum Gasteiger partial charge on any atom is -0.341 e. The first-order valence-electron chi connectivity index (χ1n) is 8.94. The van der Waals surface area contributed by atoms with E-state index in [-0.39, 0.29) is 15.5 Å². The summed E-state index contributed by atoms with van der Waals surface area (Å²) in [5.74, 6) is -0.454. The molecule has 29 heavy (non-hydrogen) atoms. The Kier molecular flexibility index (Phi) is 4.82. The van der Waals surface area contributed by atoms with E-state index < -0.39 is 15.9 Å². The second kappa shape index (κ2) is 7.18. The highest BCUT2D eigenvalue weighted by Gasteiger charge is 2.17. The van der Waals surface area contributed by atoms with Gasteiger partial charge in [-0.25, -0.2) is 13.6 Å². The molecule has 0 aliphatic heterocycles. The van der Waals surface area contributed by atoms with Crippen LogP contribution in [0.4, 0.5) is 5.69 Å². The number of rotatable bonds is 4. The van der Waals surface area contributed by atoms with Gasteiger partial charge >= 0.3 is 0 Å². The molecule has 0 saturated heterocycles. The fourth-order valence-electron chi connectivity index (χ4n) is 3.54. The van der Waals surface area contributed by atoms with Gasteiger partial charge in [0.25, 0.3) is 5.91 Å². The number of carbonyl (C=O) groups excluding carboxylic acids is 1. The molecule has 0 fully saturated rings. The largest absolute Gasteiger partial charge is 0.341 e. The van der Waals surface area contributed by atoms with Gasteiger partial charge in [0.2, 0.25) is 10.0 Å². The van der Waals surface area contributed by atoms with E-state index in [1.54, 1.807) is 0 Å².